The summed E-state index contributed by atoms with van der Waals surface area (Å²) >= 11 is 0. The molecule has 1 aromatic carbocycles. The summed E-state index contributed by atoms with van der Waals surface area (Å²) in [5, 5.41) is 27.2. The number of alkyl halides is 6. The topological polar surface area (TPSA) is 181 Å². The number of benzene rings is 1. The maximum atomic E-state index is 12.9. The number of aromatic nitrogens is 2. The Hall–Kier alpha value is -4.90. The highest BCUT2D eigenvalue weighted by Gasteiger charge is 2.39. The van der Waals surface area contributed by atoms with E-state index < -0.39 is 24.3 Å². The van der Waals surface area contributed by atoms with Crippen molar-refractivity contribution in [2.45, 2.75) is 63.3 Å². The molecule has 2 atom stereocenters. The molecule has 0 saturated carbocycles. The summed E-state index contributed by atoms with van der Waals surface area (Å²) in [6.45, 7) is 4.98. The van der Waals surface area contributed by atoms with Crippen molar-refractivity contribution in [1.82, 2.24) is 25.1 Å². The number of hydrogen-bond donors (Lipinski definition) is 3. The Morgan fingerprint density at radius 2 is 1.65 bits per heavy atom. The molecule has 20 heteroatoms. The molecule has 0 bridgehead atoms. The molecule has 1 amide bonds. The number of carboxylic acids is 2. The number of ether oxygens (including phenoxy) is 2. The average Bonchev–Trinajstić information content (AvgIpc) is 3.50. The van der Waals surface area contributed by atoms with Gasteiger partial charge in [0.1, 0.15) is 19.0 Å². The van der Waals surface area contributed by atoms with Gasteiger partial charge in [0.15, 0.2) is 0 Å². The molecule has 51 heavy (non-hydrogen) atoms. The first-order valence-corrected chi connectivity index (χ1v) is 15.6. The molecule has 3 N–H and O–H groups in total. The van der Waals surface area contributed by atoms with Gasteiger partial charge in [0.25, 0.3) is 0 Å². The molecule has 2 aromatic rings. The van der Waals surface area contributed by atoms with Crippen LogP contribution in [-0.4, -0.2) is 119 Å². The Morgan fingerprint density at radius 1 is 1.00 bits per heavy atom. The molecular weight excluding hydrogens is 696 g/mol. The number of nitrogens with one attached hydrogen (secondary N) is 1. The largest absolute Gasteiger partial charge is 0.490 e. The maximum Gasteiger partial charge on any atom is 0.490 e. The van der Waals surface area contributed by atoms with Crippen LogP contribution in [0.3, 0.4) is 0 Å². The lowest BCUT2D eigenvalue weighted by atomic mass is 10.0. The SMILES string of the molecule is CN1CCC[C@H]1COc1nc2c(c(N3CCN(C(=O)OCc4ccccc4)[C@@H](CC#N)C3)n1)CCNC2.O=C(O)C(F)(F)F.O=C(O)C(F)(F)F. The lowest BCUT2D eigenvalue weighted by Gasteiger charge is -2.41. The maximum absolute atomic E-state index is 12.9. The molecule has 1 aromatic heterocycles. The number of hydrogen-bond acceptors (Lipinski definition) is 11. The van der Waals surface area contributed by atoms with Crippen LogP contribution in [0.2, 0.25) is 0 Å². The summed E-state index contributed by atoms with van der Waals surface area (Å²) in [6.07, 6.45) is -7.19. The summed E-state index contributed by atoms with van der Waals surface area (Å²) in [6, 6.07) is 12.4. The second-order valence-corrected chi connectivity index (χ2v) is 11.6. The highest BCUT2D eigenvalue weighted by molar-refractivity contribution is 5.73. The molecular formula is C31H37F6N7O7. The number of nitriles is 1. The molecule has 14 nitrogen and oxygen atoms in total. The summed E-state index contributed by atoms with van der Waals surface area (Å²) in [5.74, 6) is -4.65. The van der Waals surface area contributed by atoms with Crippen molar-refractivity contribution in [3.05, 3.63) is 47.2 Å². The Bertz CT molecular complexity index is 1500. The minimum absolute atomic E-state index is 0.211. The number of carboxylic acid groups (broad SMARTS) is 2. The molecule has 3 aliphatic heterocycles. The van der Waals surface area contributed by atoms with E-state index in [1.807, 2.05) is 30.3 Å². The summed E-state index contributed by atoms with van der Waals surface area (Å²) in [7, 11) is 2.13. The van der Waals surface area contributed by atoms with E-state index in [0.29, 0.717) is 44.8 Å². The van der Waals surface area contributed by atoms with Crippen LogP contribution < -0.4 is 15.0 Å². The van der Waals surface area contributed by atoms with Gasteiger partial charge >= 0.3 is 36.4 Å². The van der Waals surface area contributed by atoms with Crippen molar-refractivity contribution < 1.29 is 60.4 Å². The minimum Gasteiger partial charge on any atom is -0.475 e. The van der Waals surface area contributed by atoms with Gasteiger partial charge in [-0.05, 0) is 45.0 Å². The number of fused-ring (bicyclic) bond motifs is 1. The molecule has 2 saturated heterocycles. The van der Waals surface area contributed by atoms with E-state index in [1.54, 1.807) is 4.90 Å². The predicted molar refractivity (Wildman–Crippen MR) is 166 cm³/mol. The molecule has 280 valence electrons. The number of nitrogens with zero attached hydrogens (tertiary/aromatic N) is 6. The first-order valence-electron chi connectivity index (χ1n) is 15.6. The van der Waals surface area contributed by atoms with Gasteiger partial charge in [-0.15, -0.1) is 0 Å². The van der Waals surface area contributed by atoms with E-state index >= 15 is 0 Å². The third-order valence-corrected chi connectivity index (χ3v) is 8.00. The van der Waals surface area contributed by atoms with E-state index in [0.717, 1.165) is 48.6 Å². The quantitative estimate of drug-likeness (QED) is 0.352. The molecule has 0 unspecified atom stereocenters. The zero-order valence-electron chi connectivity index (χ0n) is 27.4. The summed E-state index contributed by atoms with van der Waals surface area (Å²) in [5.41, 5.74) is 3.02. The average molecular weight is 734 g/mol. The lowest BCUT2D eigenvalue weighted by Crippen LogP contribution is -2.55. The molecule has 0 aliphatic carbocycles. The molecule has 0 radical (unpaired) electrons. The van der Waals surface area contributed by atoms with Gasteiger partial charge in [-0.2, -0.15) is 41.6 Å². The predicted octanol–water partition coefficient (Wildman–Crippen LogP) is 3.60. The number of carbonyl (C=O) groups excluding carboxylic acids is 1. The van der Waals surface area contributed by atoms with Gasteiger partial charge in [0, 0.05) is 37.8 Å². The van der Waals surface area contributed by atoms with E-state index in [1.165, 1.54) is 6.42 Å². The third kappa shape index (κ3) is 12.4. The standard InChI is InChI=1S/C27H35N7O3.2C2HF3O2/c1-32-13-5-8-22(32)19-36-26-30-24-16-29-12-10-23(24)25(31-26)33-14-15-34(21(17-33)9-11-28)27(35)37-18-20-6-3-2-4-7-20;2*3-2(4,5)1(6)7/h2-4,6-7,21-22,29H,5,8-10,12-19H2,1H3;2*(H,6,7)/t21-,22-;;/m0../s1. The van der Waals surface area contributed by atoms with Crippen LogP contribution in [0.1, 0.15) is 36.1 Å². The van der Waals surface area contributed by atoms with E-state index in [2.05, 4.69) is 28.2 Å². The number of halogens is 6. The fraction of sp³-hybridized carbons (Fsp3) is 0.548. The van der Waals surface area contributed by atoms with Crippen molar-refractivity contribution in [3.63, 3.8) is 0 Å². The molecule has 2 fully saturated rings. The number of carbonyl (C=O) groups is 3. The van der Waals surface area contributed by atoms with Crippen LogP contribution >= 0.6 is 0 Å². The molecule has 3 aliphatic rings. The fourth-order valence-electron chi connectivity index (χ4n) is 5.37. The smallest absolute Gasteiger partial charge is 0.475 e. The van der Waals surface area contributed by atoms with Gasteiger partial charge in [0.05, 0.1) is 24.2 Å². The number of anilines is 1. The number of likely N-dealkylation sites (N-methyl/N-ethyl adjacent to an activating group) is 1. The first kappa shape index (κ1) is 40.5. The second kappa shape index (κ2) is 18.4. The van der Waals surface area contributed by atoms with Crippen molar-refractivity contribution in [2.75, 3.05) is 51.3 Å². The Labute approximate surface area is 288 Å². The summed E-state index contributed by atoms with van der Waals surface area (Å²) in [4.78, 5) is 46.5. The van der Waals surface area contributed by atoms with Crippen LogP contribution in [0, 0.1) is 11.3 Å². The molecule has 5 rings (SSSR count). The Morgan fingerprint density at radius 3 is 2.22 bits per heavy atom. The van der Waals surface area contributed by atoms with Gasteiger partial charge in [-0.1, -0.05) is 30.3 Å². The Kier molecular flexibility index (Phi) is 14.6. The minimum atomic E-state index is -5.08. The summed E-state index contributed by atoms with van der Waals surface area (Å²) < 4.78 is 75.2. The van der Waals surface area contributed by atoms with Crippen LogP contribution in [0.25, 0.3) is 0 Å². The van der Waals surface area contributed by atoms with Crippen molar-refractivity contribution in [2.24, 2.45) is 0 Å². The van der Waals surface area contributed by atoms with Crippen molar-refractivity contribution >= 4 is 23.8 Å². The van der Waals surface area contributed by atoms with E-state index in [4.69, 9.17) is 39.2 Å². The number of rotatable bonds is 7. The number of amides is 1. The zero-order valence-corrected chi connectivity index (χ0v) is 27.4. The van der Waals surface area contributed by atoms with Crippen LogP contribution in [0.4, 0.5) is 37.0 Å². The van der Waals surface area contributed by atoms with E-state index in [9.17, 15) is 36.4 Å². The third-order valence-electron chi connectivity index (χ3n) is 8.00. The van der Waals surface area contributed by atoms with Crippen LogP contribution in [0.15, 0.2) is 30.3 Å². The van der Waals surface area contributed by atoms with Gasteiger partial charge < -0.3 is 39.7 Å². The highest BCUT2D eigenvalue weighted by atomic mass is 19.4. The van der Waals surface area contributed by atoms with E-state index in [-0.39, 0.29) is 25.2 Å². The highest BCUT2D eigenvalue weighted by Crippen LogP contribution is 2.29. The Balaban J connectivity index is 0.000000424. The molecule has 4 heterocycles. The number of likely N-dealkylation sites (tertiary alicyclic amines) is 1. The zero-order chi connectivity index (χ0) is 37.8. The first-order chi connectivity index (χ1) is 24.0. The van der Waals surface area contributed by atoms with Crippen molar-refractivity contribution in [3.8, 4) is 12.1 Å². The van der Waals surface area contributed by atoms with Crippen LogP contribution in [-0.2, 0) is 33.9 Å². The fourth-order valence-corrected chi connectivity index (χ4v) is 5.37. The van der Waals surface area contributed by atoms with Gasteiger partial charge in [-0.3, -0.25) is 0 Å². The number of aliphatic carboxylic acids is 2. The van der Waals surface area contributed by atoms with Crippen molar-refractivity contribution in [1.29, 1.82) is 5.26 Å². The molecule has 0 spiro atoms. The second-order valence-electron chi connectivity index (χ2n) is 11.6. The number of piperazine rings is 1. The van der Waals surface area contributed by atoms with Gasteiger partial charge in [0.2, 0.25) is 0 Å². The lowest BCUT2D eigenvalue weighted by molar-refractivity contribution is -0.193. The normalized spacial score (nSPS) is 18.9. The van der Waals surface area contributed by atoms with Crippen LogP contribution in [0.5, 0.6) is 6.01 Å². The monoisotopic (exact) mass is 733 g/mol. The van der Waals surface area contributed by atoms with Gasteiger partial charge in [-0.25, -0.2) is 14.4 Å².